The van der Waals surface area contributed by atoms with Gasteiger partial charge in [-0.2, -0.15) is 0 Å². The average molecular weight is 334 g/mol. The number of sulfonamides is 1. The standard InChI is InChI=1S/C11H18N4O4S2/c1-2-14-5-3-4-8(14)7-13-21(18,19)10-6-9(15(16)17)11(12)20-10/h6,8,13H,2-5,7,12H2,1H3. The lowest BCUT2D eigenvalue weighted by Gasteiger charge is -2.22. The molecule has 10 heteroatoms. The van der Waals surface area contributed by atoms with Crippen molar-refractivity contribution in [2.24, 2.45) is 0 Å². The summed E-state index contributed by atoms with van der Waals surface area (Å²) in [7, 11) is -3.76. The van der Waals surface area contributed by atoms with Gasteiger partial charge in [0.05, 0.1) is 4.92 Å². The van der Waals surface area contributed by atoms with Gasteiger partial charge in [0.15, 0.2) is 5.00 Å². The van der Waals surface area contributed by atoms with Gasteiger partial charge in [0, 0.05) is 18.7 Å². The summed E-state index contributed by atoms with van der Waals surface area (Å²) in [5.74, 6) is 0. The summed E-state index contributed by atoms with van der Waals surface area (Å²) in [5, 5.41) is 10.6. The third-order valence-corrected chi connectivity index (χ3v) is 6.44. The van der Waals surface area contributed by atoms with E-state index in [1.54, 1.807) is 0 Å². The molecule has 1 aromatic heterocycles. The zero-order valence-corrected chi connectivity index (χ0v) is 13.2. The number of likely N-dealkylation sites (N-methyl/N-ethyl adjacent to an activating group) is 1. The number of thiophene rings is 1. The predicted octanol–water partition coefficient (Wildman–Crippen LogP) is 1.00. The van der Waals surface area contributed by atoms with Crippen LogP contribution in [0.4, 0.5) is 10.7 Å². The molecule has 1 aliphatic heterocycles. The van der Waals surface area contributed by atoms with Crippen LogP contribution in [0.25, 0.3) is 0 Å². The Morgan fingerprint density at radius 3 is 2.90 bits per heavy atom. The van der Waals surface area contributed by atoms with Crippen LogP contribution in [0.15, 0.2) is 10.3 Å². The Labute approximate surface area is 127 Å². The third-order valence-electron chi connectivity index (χ3n) is 3.59. The molecule has 0 amide bonds. The highest BCUT2D eigenvalue weighted by Crippen LogP contribution is 2.34. The second-order valence-electron chi connectivity index (χ2n) is 4.85. The first kappa shape index (κ1) is 16.1. The lowest BCUT2D eigenvalue weighted by molar-refractivity contribution is -0.383. The molecular weight excluding hydrogens is 316 g/mol. The number of likely N-dealkylation sites (tertiary alicyclic amines) is 1. The van der Waals surface area contributed by atoms with Crippen molar-refractivity contribution in [1.82, 2.24) is 9.62 Å². The van der Waals surface area contributed by atoms with Gasteiger partial charge in [0.1, 0.15) is 4.21 Å². The molecule has 1 unspecified atom stereocenters. The number of nitrogens with one attached hydrogen (secondary N) is 1. The van der Waals surface area contributed by atoms with Crippen molar-refractivity contribution < 1.29 is 13.3 Å². The van der Waals surface area contributed by atoms with Gasteiger partial charge in [0.2, 0.25) is 10.0 Å². The van der Waals surface area contributed by atoms with Gasteiger partial charge in [-0.05, 0) is 25.9 Å². The van der Waals surface area contributed by atoms with Gasteiger partial charge in [-0.15, -0.1) is 0 Å². The van der Waals surface area contributed by atoms with Crippen LogP contribution in [0, 0.1) is 10.1 Å². The van der Waals surface area contributed by atoms with E-state index in [-0.39, 0.29) is 20.9 Å². The van der Waals surface area contributed by atoms with Crippen molar-refractivity contribution in [3.8, 4) is 0 Å². The first-order chi connectivity index (χ1) is 9.85. The van der Waals surface area contributed by atoms with Crippen LogP contribution in [-0.2, 0) is 10.0 Å². The fourth-order valence-electron chi connectivity index (χ4n) is 2.47. The van der Waals surface area contributed by atoms with E-state index in [9.17, 15) is 18.5 Å². The number of rotatable bonds is 6. The van der Waals surface area contributed by atoms with Crippen LogP contribution in [-0.4, -0.2) is 43.9 Å². The highest BCUT2D eigenvalue weighted by molar-refractivity contribution is 7.91. The fraction of sp³-hybridized carbons (Fsp3) is 0.636. The maximum atomic E-state index is 12.2. The smallest absolute Gasteiger partial charge is 0.304 e. The summed E-state index contributed by atoms with van der Waals surface area (Å²) >= 11 is 0.711. The van der Waals surface area contributed by atoms with E-state index in [1.165, 1.54) is 0 Å². The molecule has 1 fully saturated rings. The molecule has 1 aliphatic rings. The molecule has 1 atom stereocenters. The number of nitro groups is 1. The summed E-state index contributed by atoms with van der Waals surface area (Å²) in [5.41, 5.74) is 5.11. The maximum Gasteiger partial charge on any atom is 0.304 e. The number of hydrogen-bond acceptors (Lipinski definition) is 7. The van der Waals surface area contributed by atoms with E-state index in [2.05, 4.69) is 9.62 Å². The molecule has 3 N–H and O–H groups in total. The Hall–Kier alpha value is -1.23. The molecule has 118 valence electrons. The third kappa shape index (κ3) is 3.51. The highest BCUT2D eigenvalue weighted by atomic mass is 32.2. The molecule has 1 saturated heterocycles. The summed E-state index contributed by atoms with van der Waals surface area (Å²) in [4.78, 5) is 12.3. The summed E-state index contributed by atoms with van der Waals surface area (Å²) in [6.45, 7) is 4.20. The number of hydrogen-bond donors (Lipinski definition) is 2. The zero-order chi connectivity index (χ0) is 15.6. The SMILES string of the molecule is CCN1CCCC1CNS(=O)(=O)c1cc([N+](=O)[O-])c(N)s1. The molecule has 2 rings (SSSR count). The Balaban J connectivity index is 2.08. The molecule has 0 radical (unpaired) electrons. The molecule has 0 aromatic carbocycles. The molecule has 2 heterocycles. The van der Waals surface area contributed by atoms with E-state index in [4.69, 9.17) is 5.73 Å². The largest absolute Gasteiger partial charge is 0.385 e. The second kappa shape index (κ2) is 6.26. The van der Waals surface area contributed by atoms with E-state index in [1.807, 2.05) is 6.92 Å². The molecule has 0 saturated carbocycles. The molecule has 8 nitrogen and oxygen atoms in total. The van der Waals surface area contributed by atoms with Crippen LogP contribution in [0.5, 0.6) is 0 Å². The lowest BCUT2D eigenvalue weighted by atomic mass is 10.2. The van der Waals surface area contributed by atoms with Gasteiger partial charge in [-0.3, -0.25) is 15.0 Å². The molecule has 0 bridgehead atoms. The monoisotopic (exact) mass is 334 g/mol. The van der Waals surface area contributed by atoms with Crippen molar-refractivity contribution in [3.05, 3.63) is 16.2 Å². The van der Waals surface area contributed by atoms with Crippen LogP contribution in [0.3, 0.4) is 0 Å². The molecular formula is C11H18N4O4S2. The molecule has 21 heavy (non-hydrogen) atoms. The molecule has 1 aromatic rings. The average Bonchev–Trinajstić information content (AvgIpc) is 3.02. The van der Waals surface area contributed by atoms with E-state index in [0.29, 0.717) is 17.9 Å². The van der Waals surface area contributed by atoms with Crippen LogP contribution >= 0.6 is 11.3 Å². The molecule has 0 spiro atoms. The summed E-state index contributed by atoms with van der Waals surface area (Å²) in [6, 6.07) is 1.19. The van der Waals surface area contributed by atoms with Crippen LogP contribution < -0.4 is 10.5 Å². The topological polar surface area (TPSA) is 119 Å². The Bertz CT molecular complexity index is 628. The van der Waals surface area contributed by atoms with Gasteiger partial charge < -0.3 is 5.73 Å². The van der Waals surface area contributed by atoms with Crippen molar-refractivity contribution in [2.75, 3.05) is 25.4 Å². The second-order valence-corrected chi connectivity index (χ2v) is 7.93. The fourth-order valence-corrected chi connectivity index (χ4v) is 4.80. The Morgan fingerprint density at radius 1 is 1.62 bits per heavy atom. The summed E-state index contributed by atoms with van der Waals surface area (Å²) in [6.07, 6.45) is 2.00. The normalized spacial score (nSPS) is 20.0. The zero-order valence-electron chi connectivity index (χ0n) is 11.6. The minimum absolute atomic E-state index is 0.101. The minimum atomic E-state index is -3.76. The Morgan fingerprint density at radius 2 is 2.33 bits per heavy atom. The van der Waals surface area contributed by atoms with Gasteiger partial charge >= 0.3 is 5.69 Å². The van der Waals surface area contributed by atoms with E-state index >= 15 is 0 Å². The van der Waals surface area contributed by atoms with Gasteiger partial charge in [0.25, 0.3) is 0 Å². The van der Waals surface area contributed by atoms with Crippen molar-refractivity contribution in [3.63, 3.8) is 0 Å². The highest BCUT2D eigenvalue weighted by Gasteiger charge is 2.28. The summed E-state index contributed by atoms with van der Waals surface area (Å²) < 4.78 is 26.8. The predicted molar refractivity (Wildman–Crippen MR) is 80.8 cm³/mol. The quantitative estimate of drug-likeness (QED) is 0.592. The van der Waals surface area contributed by atoms with Crippen LogP contribution in [0.2, 0.25) is 0 Å². The minimum Gasteiger partial charge on any atom is -0.385 e. The number of nitrogens with zero attached hydrogens (tertiary/aromatic N) is 2. The van der Waals surface area contributed by atoms with Gasteiger partial charge in [-0.1, -0.05) is 18.3 Å². The van der Waals surface area contributed by atoms with Crippen molar-refractivity contribution in [2.45, 2.75) is 30.0 Å². The number of nitrogens with two attached hydrogens (primary N) is 1. The Kier molecular flexibility index (Phi) is 4.81. The van der Waals surface area contributed by atoms with Gasteiger partial charge in [-0.25, -0.2) is 13.1 Å². The number of anilines is 1. The maximum absolute atomic E-state index is 12.2. The lowest BCUT2D eigenvalue weighted by Crippen LogP contribution is -2.39. The first-order valence-corrected chi connectivity index (χ1v) is 8.92. The van der Waals surface area contributed by atoms with Crippen LogP contribution in [0.1, 0.15) is 19.8 Å². The van der Waals surface area contributed by atoms with E-state index in [0.717, 1.165) is 32.0 Å². The van der Waals surface area contributed by atoms with Crippen molar-refractivity contribution >= 4 is 32.0 Å². The van der Waals surface area contributed by atoms with E-state index < -0.39 is 14.9 Å². The van der Waals surface area contributed by atoms with Crippen molar-refractivity contribution in [1.29, 1.82) is 0 Å². The number of nitrogen functional groups attached to an aromatic ring is 1. The first-order valence-electron chi connectivity index (χ1n) is 6.62. The molecule has 0 aliphatic carbocycles.